The van der Waals surface area contributed by atoms with Gasteiger partial charge < -0.3 is 10.1 Å². The van der Waals surface area contributed by atoms with Gasteiger partial charge in [-0.15, -0.1) is 11.8 Å². The molecule has 3 aromatic carbocycles. The molecule has 0 aliphatic carbocycles. The summed E-state index contributed by atoms with van der Waals surface area (Å²) in [6.07, 6.45) is 3.26. The van der Waals surface area contributed by atoms with E-state index in [2.05, 4.69) is 45.9 Å². The van der Waals surface area contributed by atoms with Crippen molar-refractivity contribution in [3.8, 4) is 5.75 Å². The minimum Gasteiger partial charge on any atom is -0.480 e. The number of fused-ring (bicyclic) bond motifs is 3. The number of aromatic nitrogens is 3. The second-order valence-electron chi connectivity index (χ2n) is 7.70. The van der Waals surface area contributed by atoms with Crippen molar-refractivity contribution in [1.29, 1.82) is 0 Å². The van der Waals surface area contributed by atoms with Gasteiger partial charge in [-0.3, -0.25) is 0 Å². The molecule has 32 heavy (non-hydrogen) atoms. The first kappa shape index (κ1) is 19.1. The Morgan fingerprint density at radius 1 is 0.969 bits per heavy atom. The van der Waals surface area contributed by atoms with Gasteiger partial charge in [0.15, 0.2) is 0 Å². The average molecular weight is 443 g/mol. The Labute approximate surface area is 189 Å². The highest BCUT2D eigenvalue weighted by molar-refractivity contribution is 7.98. The van der Waals surface area contributed by atoms with Gasteiger partial charge in [-0.1, -0.05) is 36.4 Å². The van der Waals surface area contributed by atoms with E-state index >= 15 is 0 Å². The number of nitrogens with one attached hydrogen (secondary N) is 1. The number of ether oxygens (including phenoxy) is 1. The molecule has 2 aliphatic rings. The van der Waals surface area contributed by atoms with Crippen LogP contribution in [0.3, 0.4) is 0 Å². The monoisotopic (exact) mass is 442 g/mol. The third-order valence-electron chi connectivity index (χ3n) is 5.93. The highest BCUT2D eigenvalue weighted by Gasteiger charge is 2.40. The molecule has 0 spiro atoms. The number of thioether (sulfide) groups is 1. The predicted molar refractivity (Wildman–Crippen MR) is 123 cm³/mol. The first-order chi connectivity index (χ1) is 15.7. The quantitative estimate of drug-likeness (QED) is 0.413. The number of halogens is 1. The van der Waals surface area contributed by atoms with Gasteiger partial charge in [-0.25, -0.2) is 9.07 Å². The maximum atomic E-state index is 13.7. The van der Waals surface area contributed by atoms with Gasteiger partial charge in [0.1, 0.15) is 30.0 Å². The van der Waals surface area contributed by atoms with Gasteiger partial charge in [-0.05, 0) is 53.8 Å². The number of hydrogen-bond acceptors (Lipinski definition) is 5. The van der Waals surface area contributed by atoms with Crippen molar-refractivity contribution in [2.75, 3.05) is 11.6 Å². The van der Waals surface area contributed by atoms with E-state index in [9.17, 15) is 4.39 Å². The Balaban J connectivity index is 1.60. The summed E-state index contributed by atoms with van der Waals surface area (Å²) >= 11 is 1.70. The zero-order valence-electron chi connectivity index (χ0n) is 17.2. The topological polar surface area (TPSA) is 52.0 Å². The molecule has 1 N–H and O–H groups in total. The number of rotatable bonds is 3. The molecule has 6 rings (SSSR count). The van der Waals surface area contributed by atoms with E-state index in [1.54, 1.807) is 23.9 Å². The molecule has 3 heterocycles. The summed E-state index contributed by atoms with van der Waals surface area (Å²) in [6.45, 7) is 0. The van der Waals surface area contributed by atoms with Crippen LogP contribution < -0.4 is 10.1 Å². The minimum absolute atomic E-state index is 0.273. The number of nitrogens with zero attached hydrogens (tertiary/aromatic N) is 3. The third kappa shape index (κ3) is 3.00. The van der Waals surface area contributed by atoms with Crippen LogP contribution in [0.4, 0.5) is 10.3 Å². The number of anilines is 1. The summed E-state index contributed by atoms with van der Waals surface area (Å²) in [6, 6.07) is 22.7. The second kappa shape index (κ2) is 7.53. The molecule has 4 aromatic rings. The minimum atomic E-state index is -0.337. The van der Waals surface area contributed by atoms with Crippen LogP contribution >= 0.6 is 11.8 Å². The SMILES string of the molecule is CSc1ccc(C2Oc3ccccc3C3=C2C(c2ccc(F)cc2)n2ncnc2N3)cc1. The summed E-state index contributed by atoms with van der Waals surface area (Å²) in [5.74, 6) is 1.18. The zero-order chi connectivity index (χ0) is 21.7. The molecule has 0 saturated carbocycles. The third-order valence-corrected chi connectivity index (χ3v) is 6.67. The molecular formula is C25H19FN4OS. The van der Waals surface area contributed by atoms with Gasteiger partial charge in [-0.2, -0.15) is 10.1 Å². The van der Waals surface area contributed by atoms with Crippen molar-refractivity contribution in [3.05, 3.63) is 107 Å². The zero-order valence-corrected chi connectivity index (χ0v) is 18.0. The molecule has 0 amide bonds. The Morgan fingerprint density at radius 3 is 2.50 bits per heavy atom. The smallest absolute Gasteiger partial charge is 0.226 e. The van der Waals surface area contributed by atoms with Gasteiger partial charge in [0.2, 0.25) is 5.95 Å². The Bertz CT molecular complexity index is 1330. The summed E-state index contributed by atoms with van der Waals surface area (Å²) in [4.78, 5) is 5.61. The normalized spacial score (nSPS) is 18.8. The summed E-state index contributed by atoms with van der Waals surface area (Å²) in [7, 11) is 0. The summed E-state index contributed by atoms with van der Waals surface area (Å²) < 4.78 is 22.2. The molecule has 0 fully saturated rings. The number of para-hydroxylation sites is 1. The van der Waals surface area contributed by atoms with Crippen LogP contribution in [0.5, 0.6) is 5.75 Å². The van der Waals surface area contributed by atoms with Crippen molar-refractivity contribution < 1.29 is 9.13 Å². The number of hydrogen-bond donors (Lipinski definition) is 1. The standard InChI is InChI=1S/C25H19FN4OS/c1-32-18-12-8-16(9-13-18)24-21-22(19-4-2-3-5-20(19)31-24)29-25-27-14-28-30(25)23(21)15-6-10-17(26)11-7-15/h2-14,23-24H,1H3,(H,27,28,29). The first-order valence-electron chi connectivity index (χ1n) is 10.3. The van der Waals surface area contributed by atoms with Crippen molar-refractivity contribution in [2.45, 2.75) is 17.0 Å². The molecule has 1 aromatic heterocycles. The Morgan fingerprint density at radius 2 is 1.72 bits per heavy atom. The van der Waals surface area contributed by atoms with E-state index in [0.717, 1.165) is 33.7 Å². The lowest BCUT2D eigenvalue weighted by molar-refractivity contribution is 0.223. The first-order valence-corrected chi connectivity index (χ1v) is 11.5. The Hall–Kier alpha value is -3.58. The molecular weight excluding hydrogens is 423 g/mol. The Kier molecular flexibility index (Phi) is 4.50. The van der Waals surface area contributed by atoms with Crippen LogP contribution in [0.25, 0.3) is 5.70 Å². The summed E-state index contributed by atoms with van der Waals surface area (Å²) in [5.41, 5.74) is 4.91. The highest BCUT2D eigenvalue weighted by Crippen LogP contribution is 2.50. The van der Waals surface area contributed by atoms with Crippen LogP contribution in [0.15, 0.2) is 89.6 Å². The molecule has 0 bridgehead atoms. The van der Waals surface area contributed by atoms with Gasteiger partial charge in [0.25, 0.3) is 0 Å². The molecule has 7 heteroatoms. The van der Waals surface area contributed by atoms with E-state index in [4.69, 9.17) is 4.74 Å². The molecule has 2 unspecified atom stereocenters. The summed E-state index contributed by atoms with van der Waals surface area (Å²) in [5, 5.41) is 7.98. The van der Waals surface area contributed by atoms with Gasteiger partial charge in [0, 0.05) is 16.0 Å². The maximum absolute atomic E-state index is 13.7. The van der Waals surface area contributed by atoms with Crippen molar-refractivity contribution in [2.24, 2.45) is 0 Å². The molecule has 158 valence electrons. The van der Waals surface area contributed by atoms with Crippen LogP contribution in [0, 0.1) is 5.82 Å². The second-order valence-corrected chi connectivity index (χ2v) is 8.58. The van der Waals surface area contributed by atoms with Crippen LogP contribution in [-0.2, 0) is 0 Å². The van der Waals surface area contributed by atoms with Crippen molar-refractivity contribution in [3.63, 3.8) is 0 Å². The van der Waals surface area contributed by atoms with Gasteiger partial charge in [0.05, 0.1) is 5.70 Å². The highest BCUT2D eigenvalue weighted by atomic mass is 32.2. The predicted octanol–water partition coefficient (Wildman–Crippen LogP) is 5.70. The number of benzene rings is 3. The van der Waals surface area contributed by atoms with Crippen molar-refractivity contribution >= 4 is 23.4 Å². The fourth-order valence-electron chi connectivity index (χ4n) is 4.44. The maximum Gasteiger partial charge on any atom is 0.226 e. The molecule has 2 atom stereocenters. The largest absolute Gasteiger partial charge is 0.480 e. The van der Waals surface area contributed by atoms with Crippen LogP contribution in [0.1, 0.15) is 28.8 Å². The van der Waals surface area contributed by atoms with E-state index in [1.165, 1.54) is 23.4 Å². The van der Waals surface area contributed by atoms with E-state index < -0.39 is 0 Å². The van der Waals surface area contributed by atoms with E-state index in [0.29, 0.717) is 5.95 Å². The van der Waals surface area contributed by atoms with E-state index in [1.807, 2.05) is 28.9 Å². The fourth-order valence-corrected chi connectivity index (χ4v) is 4.85. The van der Waals surface area contributed by atoms with Crippen LogP contribution in [-0.4, -0.2) is 21.0 Å². The molecule has 0 saturated heterocycles. The molecule has 5 nitrogen and oxygen atoms in total. The van der Waals surface area contributed by atoms with E-state index in [-0.39, 0.29) is 18.0 Å². The van der Waals surface area contributed by atoms with Crippen molar-refractivity contribution in [1.82, 2.24) is 14.8 Å². The molecule has 0 radical (unpaired) electrons. The lowest BCUT2D eigenvalue weighted by atomic mass is 9.84. The van der Waals surface area contributed by atoms with Gasteiger partial charge >= 0.3 is 0 Å². The average Bonchev–Trinajstić information content (AvgIpc) is 3.31. The molecule has 2 aliphatic heterocycles. The fraction of sp³-hybridized carbons (Fsp3) is 0.120. The lowest BCUT2D eigenvalue weighted by Crippen LogP contribution is -2.32. The van der Waals surface area contributed by atoms with Crippen LogP contribution in [0.2, 0.25) is 0 Å². The lowest BCUT2D eigenvalue weighted by Gasteiger charge is -2.39.